The number of carbonyl (C=O) groups excluding carboxylic acids is 2. The highest BCUT2D eigenvalue weighted by atomic mass is 16.5. The molecule has 0 bridgehead atoms. The highest BCUT2D eigenvalue weighted by Crippen LogP contribution is 2.25. The molecule has 37 heavy (non-hydrogen) atoms. The molecule has 2 amide bonds. The van der Waals surface area contributed by atoms with Crippen LogP contribution in [0, 0.1) is 5.92 Å². The topological polar surface area (TPSA) is 58.6 Å². The van der Waals surface area contributed by atoms with Gasteiger partial charge in [-0.05, 0) is 28.5 Å². The summed E-state index contributed by atoms with van der Waals surface area (Å²) in [6.07, 6.45) is 0.414. The Hall–Kier alpha value is -4.12. The van der Waals surface area contributed by atoms with E-state index in [9.17, 15) is 9.59 Å². The summed E-state index contributed by atoms with van der Waals surface area (Å²) in [4.78, 5) is 28.9. The number of benzene rings is 4. The first-order valence-corrected chi connectivity index (χ1v) is 12.8. The van der Waals surface area contributed by atoms with E-state index >= 15 is 0 Å². The van der Waals surface area contributed by atoms with Crippen molar-refractivity contribution in [3.05, 3.63) is 114 Å². The number of rotatable bonds is 11. The first-order chi connectivity index (χ1) is 18.0. The van der Waals surface area contributed by atoms with Gasteiger partial charge in [0.15, 0.2) is 6.61 Å². The van der Waals surface area contributed by atoms with Gasteiger partial charge in [0.2, 0.25) is 5.91 Å². The fourth-order valence-corrected chi connectivity index (χ4v) is 4.30. The zero-order chi connectivity index (χ0) is 26.0. The molecular formula is C32H34N2O3. The van der Waals surface area contributed by atoms with Gasteiger partial charge in [0.1, 0.15) is 11.8 Å². The molecule has 0 unspecified atom stereocenters. The third-order valence-corrected chi connectivity index (χ3v) is 6.25. The van der Waals surface area contributed by atoms with Crippen LogP contribution in [0.25, 0.3) is 10.8 Å². The zero-order valence-electron chi connectivity index (χ0n) is 21.5. The number of hydrogen-bond donors (Lipinski definition) is 1. The van der Waals surface area contributed by atoms with Crippen molar-refractivity contribution in [2.45, 2.75) is 32.9 Å². The van der Waals surface area contributed by atoms with Gasteiger partial charge in [-0.1, -0.05) is 111 Å². The van der Waals surface area contributed by atoms with Crippen LogP contribution in [0.2, 0.25) is 0 Å². The summed E-state index contributed by atoms with van der Waals surface area (Å²) >= 11 is 0. The molecule has 0 aliphatic rings. The Kier molecular flexibility index (Phi) is 8.93. The zero-order valence-corrected chi connectivity index (χ0v) is 21.5. The lowest BCUT2D eigenvalue weighted by molar-refractivity contribution is -0.142. The quantitative estimate of drug-likeness (QED) is 0.294. The molecule has 1 N–H and O–H groups in total. The minimum absolute atomic E-state index is 0.160. The average molecular weight is 495 g/mol. The highest BCUT2D eigenvalue weighted by molar-refractivity contribution is 5.90. The van der Waals surface area contributed by atoms with E-state index in [-0.39, 0.29) is 18.4 Å². The molecule has 4 rings (SSSR count). The Balaban J connectivity index is 1.62. The normalized spacial score (nSPS) is 11.8. The summed E-state index contributed by atoms with van der Waals surface area (Å²) in [6.45, 7) is 4.80. The maximum absolute atomic E-state index is 13.8. The van der Waals surface area contributed by atoms with Crippen LogP contribution >= 0.6 is 0 Å². The maximum atomic E-state index is 13.8. The molecule has 0 saturated carbocycles. The predicted molar refractivity (Wildman–Crippen MR) is 148 cm³/mol. The van der Waals surface area contributed by atoms with Gasteiger partial charge in [-0.3, -0.25) is 9.59 Å². The van der Waals surface area contributed by atoms with Crippen molar-refractivity contribution in [2.75, 3.05) is 13.2 Å². The lowest BCUT2D eigenvalue weighted by Gasteiger charge is -2.31. The summed E-state index contributed by atoms with van der Waals surface area (Å²) < 4.78 is 6.06. The van der Waals surface area contributed by atoms with Crippen molar-refractivity contribution in [1.29, 1.82) is 0 Å². The molecule has 0 aromatic heterocycles. The minimum atomic E-state index is -0.676. The van der Waals surface area contributed by atoms with Crippen LogP contribution < -0.4 is 10.1 Å². The first-order valence-electron chi connectivity index (χ1n) is 12.8. The third kappa shape index (κ3) is 7.20. The standard InChI is InChI=1S/C32H34N2O3/c1-24(2)21-33-32(36)29(20-25-12-5-3-6-13-25)34(22-26-14-7-4-8-15-26)31(35)23-37-30-19-11-17-27-16-9-10-18-28(27)30/h3-19,24,29H,20-23H2,1-2H3,(H,33,36)/t29-/m0/s1. The van der Waals surface area contributed by atoms with Crippen molar-refractivity contribution in [3.8, 4) is 5.75 Å². The van der Waals surface area contributed by atoms with Crippen molar-refractivity contribution < 1.29 is 14.3 Å². The SMILES string of the molecule is CC(C)CNC(=O)[C@H](Cc1ccccc1)N(Cc1ccccc1)C(=O)COc1cccc2ccccc12. The third-order valence-electron chi connectivity index (χ3n) is 6.25. The molecule has 190 valence electrons. The van der Waals surface area contributed by atoms with Crippen molar-refractivity contribution in [2.24, 2.45) is 5.92 Å². The van der Waals surface area contributed by atoms with Crippen LogP contribution in [0.1, 0.15) is 25.0 Å². The smallest absolute Gasteiger partial charge is 0.261 e. The highest BCUT2D eigenvalue weighted by Gasteiger charge is 2.30. The van der Waals surface area contributed by atoms with Crippen LogP contribution in [0.3, 0.4) is 0 Å². The molecule has 5 nitrogen and oxygen atoms in total. The largest absolute Gasteiger partial charge is 0.483 e. The van der Waals surface area contributed by atoms with Crippen molar-refractivity contribution in [3.63, 3.8) is 0 Å². The molecule has 4 aromatic rings. The Morgan fingerprint density at radius 2 is 1.41 bits per heavy atom. The predicted octanol–water partition coefficient (Wildman–Crippen LogP) is 5.63. The molecule has 0 radical (unpaired) electrons. The van der Waals surface area contributed by atoms with Gasteiger partial charge in [-0.2, -0.15) is 0 Å². The molecule has 5 heteroatoms. The van der Waals surface area contributed by atoms with E-state index in [1.165, 1.54) is 0 Å². The van der Waals surface area contributed by atoms with E-state index in [4.69, 9.17) is 4.74 Å². The van der Waals surface area contributed by atoms with E-state index in [1.54, 1.807) is 4.90 Å². The lowest BCUT2D eigenvalue weighted by Crippen LogP contribution is -2.52. The Morgan fingerprint density at radius 1 is 0.784 bits per heavy atom. The average Bonchev–Trinajstić information content (AvgIpc) is 2.93. The number of nitrogens with zero attached hydrogens (tertiary/aromatic N) is 1. The van der Waals surface area contributed by atoms with Gasteiger partial charge in [-0.25, -0.2) is 0 Å². The molecule has 0 aliphatic carbocycles. The second-order valence-electron chi connectivity index (χ2n) is 9.62. The molecule has 1 atom stereocenters. The van der Waals surface area contributed by atoms with Gasteiger partial charge in [0, 0.05) is 24.9 Å². The summed E-state index contributed by atoms with van der Waals surface area (Å²) in [7, 11) is 0. The number of hydrogen-bond acceptors (Lipinski definition) is 3. The fraction of sp³-hybridized carbons (Fsp3) is 0.250. The molecule has 0 aliphatic heterocycles. The van der Waals surface area contributed by atoms with Crippen LogP contribution in [0.5, 0.6) is 5.75 Å². The van der Waals surface area contributed by atoms with Gasteiger partial charge in [0.05, 0.1) is 0 Å². The Morgan fingerprint density at radius 3 is 2.11 bits per heavy atom. The van der Waals surface area contributed by atoms with E-state index in [0.29, 0.717) is 31.2 Å². The molecule has 0 heterocycles. The Labute approximate surface area is 219 Å². The van der Waals surface area contributed by atoms with E-state index in [0.717, 1.165) is 21.9 Å². The summed E-state index contributed by atoms with van der Waals surface area (Å²) in [5.41, 5.74) is 1.95. The van der Waals surface area contributed by atoms with E-state index in [1.807, 2.05) is 103 Å². The second-order valence-corrected chi connectivity index (χ2v) is 9.62. The van der Waals surface area contributed by atoms with Crippen LogP contribution in [-0.4, -0.2) is 35.9 Å². The second kappa shape index (κ2) is 12.7. The van der Waals surface area contributed by atoms with Crippen molar-refractivity contribution in [1.82, 2.24) is 10.2 Å². The fourth-order valence-electron chi connectivity index (χ4n) is 4.30. The Bertz CT molecular complexity index is 1300. The summed E-state index contributed by atoms with van der Waals surface area (Å²) in [5.74, 6) is 0.550. The van der Waals surface area contributed by atoms with Gasteiger partial charge < -0.3 is 15.0 Å². The summed E-state index contributed by atoms with van der Waals surface area (Å²) in [5, 5.41) is 5.04. The van der Waals surface area contributed by atoms with Gasteiger partial charge >= 0.3 is 0 Å². The van der Waals surface area contributed by atoms with Crippen molar-refractivity contribution >= 4 is 22.6 Å². The molecule has 0 saturated heterocycles. The molecule has 0 fully saturated rings. The summed E-state index contributed by atoms with van der Waals surface area (Å²) in [6, 6.07) is 32.6. The number of amides is 2. The van der Waals surface area contributed by atoms with Crippen LogP contribution in [0.15, 0.2) is 103 Å². The number of ether oxygens (including phenoxy) is 1. The molecular weight excluding hydrogens is 460 g/mol. The van der Waals surface area contributed by atoms with Crippen LogP contribution in [0.4, 0.5) is 0 Å². The number of nitrogens with one attached hydrogen (secondary N) is 1. The molecule has 4 aromatic carbocycles. The minimum Gasteiger partial charge on any atom is -0.483 e. The van der Waals surface area contributed by atoms with Gasteiger partial charge in [-0.15, -0.1) is 0 Å². The van der Waals surface area contributed by atoms with E-state index < -0.39 is 6.04 Å². The first kappa shape index (κ1) is 26.0. The van der Waals surface area contributed by atoms with Crippen LogP contribution in [-0.2, 0) is 22.6 Å². The van der Waals surface area contributed by atoms with Gasteiger partial charge in [0.25, 0.3) is 5.91 Å². The molecule has 0 spiro atoms. The number of carbonyl (C=O) groups is 2. The van der Waals surface area contributed by atoms with E-state index in [2.05, 4.69) is 19.2 Å². The monoisotopic (exact) mass is 494 g/mol. The lowest BCUT2D eigenvalue weighted by atomic mass is 10.0. The number of fused-ring (bicyclic) bond motifs is 1. The maximum Gasteiger partial charge on any atom is 0.261 e.